The average Bonchev–Trinajstić information content (AvgIpc) is 3.23. The molecule has 0 spiro atoms. The van der Waals surface area contributed by atoms with Gasteiger partial charge in [-0.05, 0) is 24.9 Å². The zero-order valence-electron chi connectivity index (χ0n) is 12.2. The summed E-state index contributed by atoms with van der Waals surface area (Å²) >= 11 is 0. The van der Waals surface area contributed by atoms with Crippen LogP contribution in [0.3, 0.4) is 0 Å². The molecule has 0 amide bonds. The molecule has 3 rings (SSSR count). The maximum absolute atomic E-state index is 5.95. The summed E-state index contributed by atoms with van der Waals surface area (Å²) in [4.78, 5) is 0. The van der Waals surface area contributed by atoms with Crippen molar-refractivity contribution >= 4 is 11.0 Å². The molecule has 1 heterocycles. The Bertz CT molecular complexity index is 557. The second-order valence-corrected chi connectivity index (χ2v) is 5.56. The van der Waals surface area contributed by atoms with E-state index in [2.05, 4.69) is 24.4 Å². The van der Waals surface area contributed by atoms with Gasteiger partial charge in [0.15, 0.2) is 0 Å². The first-order chi connectivity index (χ1) is 9.88. The molecule has 3 nitrogen and oxygen atoms in total. The number of rotatable bonds is 8. The minimum atomic E-state index is 0.657. The molecular formula is C17H23NO2. The second kappa shape index (κ2) is 6.42. The van der Waals surface area contributed by atoms with Gasteiger partial charge in [-0.25, -0.2) is 0 Å². The molecule has 1 aliphatic carbocycles. The van der Waals surface area contributed by atoms with Gasteiger partial charge < -0.3 is 14.5 Å². The lowest BCUT2D eigenvalue weighted by atomic mass is 10.1. The SMILES string of the molecule is CCNCc1oc2ccccc2c1COCCC1CC1. The van der Waals surface area contributed by atoms with E-state index < -0.39 is 0 Å². The van der Waals surface area contributed by atoms with Crippen LogP contribution in [0.15, 0.2) is 28.7 Å². The van der Waals surface area contributed by atoms with Gasteiger partial charge >= 0.3 is 0 Å². The molecule has 0 atom stereocenters. The van der Waals surface area contributed by atoms with Crippen LogP contribution in [0.5, 0.6) is 0 Å². The lowest BCUT2D eigenvalue weighted by Gasteiger charge is -2.05. The molecule has 108 valence electrons. The monoisotopic (exact) mass is 273 g/mol. The Labute approximate surface area is 120 Å². The number of ether oxygens (including phenoxy) is 1. The molecule has 3 heteroatoms. The summed E-state index contributed by atoms with van der Waals surface area (Å²) in [7, 11) is 0. The molecular weight excluding hydrogens is 250 g/mol. The van der Waals surface area contributed by atoms with E-state index in [1.807, 2.05) is 12.1 Å². The first-order valence-electron chi connectivity index (χ1n) is 7.66. The third-order valence-corrected chi connectivity index (χ3v) is 3.93. The van der Waals surface area contributed by atoms with E-state index >= 15 is 0 Å². The number of benzene rings is 1. The Kier molecular flexibility index (Phi) is 4.38. The van der Waals surface area contributed by atoms with E-state index in [0.717, 1.165) is 37.0 Å². The van der Waals surface area contributed by atoms with Gasteiger partial charge in [-0.3, -0.25) is 0 Å². The fourth-order valence-electron chi connectivity index (χ4n) is 2.52. The van der Waals surface area contributed by atoms with Gasteiger partial charge in [0, 0.05) is 17.6 Å². The van der Waals surface area contributed by atoms with Gasteiger partial charge in [0.2, 0.25) is 0 Å². The van der Waals surface area contributed by atoms with E-state index in [0.29, 0.717) is 6.61 Å². The number of hydrogen-bond donors (Lipinski definition) is 1. The smallest absolute Gasteiger partial charge is 0.134 e. The van der Waals surface area contributed by atoms with Crippen molar-refractivity contribution in [3.8, 4) is 0 Å². The molecule has 20 heavy (non-hydrogen) atoms. The number of nitrogens with one attached hydrogen (secondary N) is 1. The van der Waals surface area contributed by atoms with E-state index in [4.69, 9.17) is 9.15 Å². The third kappa shape index (κ3) is 3.22. The summed E-state index contributed by atoms with van der Waals surface area (Å²) in [5.41, 5.74) is 2.17. The number of fused-ring (bicyclic) bond motifs is 1. The van der Waals surface area contributed by atoms with Crippen LogP contribution in [0.25, 0.3) is 11.0 Å². The van der Waals surface area contributed by atoms with Crippen LogP contribution in [-0.4, -0.2) is 13.2 Å². The maximum Gasteiger partial charge on any atom is 0.134 e. The van der Waals surface area contributed by atoms with Crippen LogP contribution < -0.4 is 5.32 Å². The van der Waals surface area contributed by atoms with Crippen molar-refractivity contribution in [1.82, 2.24) is 5.32 Å². The molecule has 1 aliphatic rings. The van der Waals surface area contributed by atoms with E-state index in [1.54, 1.807) is 0 Å². The Morgan fingerprint density at radius 2 is 2.15 bits per heavy atom. The molecule has 1 aromatic carbocycles. The zero-order chi connectivity index (χ0) is 13.8. The van der Waals surface area contributed by atoms with E-state index in [1.165, 1.54) is 30.2 Å². The predicted octanol–water partition coefficient (Wildman–Crippen LogP) is 3.86. The van der Waals surface area contributed by atoms with E-state index in [9.17, 15) is 0 Å². The highest BCUT2D eigenvalue weighted by Gasteiger charge is 2.20. The average molecular weight is 273 g/mol. The van der Waals surface area contributed by atoms with Crippen molar-refractivity contribution in [3.63, 3.8) is 0 Å². The van der Waals surface area contributed by atoms with Gasteiger partial charge in [-0.2, -0.15) is 0 Å². The molecule has 1 saturated carbocycles. The Balaban J connectivity index is 1.70. The first-order valence-corrected chi connectivity index (χ1v) is 7.66. The molecule has 0 radical (unpaired) electrons. The van der Waals surface area contributed by atoms with Crippen LogP contribution in [0, 0.1) is 5.92 Å². The van der Waals surface area contributed by atoms with Crippen molar-refractivity contribution in [3.05, 3.63) is 35.6 Å². The Hall–Kier alpha value is -1.32. The number of furan rings is 1. The number of para-hydroxylation sites is 1. The molecule has 2 aromatic rings. The minimum Gasteiger partial charge on any atom is -0.459 e. The molecule has 0 saturated heterocycles. The molecule has 1 fully saturated rings. The highest BCUT2D eigenvalue weighted by molar-refractivity contribution is 5.82. The van der Waals surface area contributed by atoms with Crippen molar-refractivity contribution in [2.24, 2.45) is 5.92 Å². The first kappa shape index (κ1) is 13.7. The Morgan fingerprint density at radius 3 is 2.95 bits per heavy atom. The van der Waals surface area contributed by atoms with Crippen LogP contribution >= 0.6 is 0 Å². The summed E-state index contributed by atoms with van der Waals surface area (Å²) in [5.74, 6) is 1.94. The molecule has 0 unspecified atom stereocenters. The summed E-state index contributed by atoms with van der Waals surface area (Å²) in [6.07, 6.45) is 3.99. The second-order valence-electron chi connectivity index (χ2n) is 5.56. The Morgan fingerprint density at radius 1 is 1.30 bits per heavy atom. The van der Waals surface area contributed by atoms with Gasteiger partial charge in [-0.1, -0.05) is 38.0 Å². The highest BCUT2D eigenvalue weighted by atomic mass is 16.5. The maximum atomic E-state index is 5.95. The van der Waals surface area contributed by atoms with Crippen LogP contribution in [0.4, 0.5) is 0 Å². The summed E-state index contributed by atoms with van der Waals surface area (Å²) < 4.78 is 11.8. The normalized spacial score (nSPS) is 15.1. The summed E-state index contributed by atoms with van der Waals surface area (Å²) in [6, 6.07) is 8.22. The lowest BCUT2D eigenvalue weighted by molar-refractivity contribution is 0.114. The van der Waals surface area contributed by atoms with Crippen LogP contribution in [0.2, 0.25) is 0 Å². The topological polar surface area (TPSA) is 34.4 Å². The fraction of sp³-hybridized carbons (Fsp3) is 0.529. The van der Waals surface area contributed by atoms with Gasteiger partial charge in [0.05, 0.1) is 13.2 Å². The zero-order valence-corrected chi connectivity index (χ0v) is 12.2. The van der Waals surface area contributed by atoms with Gasteiger partial charge in [-0.15, -0.1) is 0 Å². The van der Waals surface area contributed by atoms with Gasteiger partial charge in [0.1, 0.15) is 11.3 Å². The molecule has 0 aliphatic heterocycles. The largest absolute Gasteiger partial charge is 0.459 e. The van der Waals surface area contributed by atoms with E-state index in [-0.39, 0.29) is 0 Å². The van der Waals surface area contributed by atoms with Crippen molar-refractivity contribution in [2.45, 2.75) is 39.3 Å². The quantitative estimate of drug-likeness (QED) is 0.742. The van der Waals surface area contributed by atoms with Crippen LogP contribution in [-0.2, 0) is 17.9 Å². The van der Waals surface area contributed by atoms with Crippen molar-refractivity contribution in [1.29, 1.82) is 0 Å². The minimum absolute atomic E-state index is 0.657. The van der Waals surface area contributed by atoms with Crippen molar-refractivity contribution < 1.29 is 9.15 Å². The lowest BCUT2D eigenvalue weighted by Crippen LogP contribution is -2.12. The molecule has 0 bridgehead atoms. The fourth-order valence-corrected chi connectivity index (χ4v) is 2.52. The summed E-state index contributed by atoms with van der Waals surface area (Å²) in [6.45, 7) is 5.34. The molecule has 1 aromatic heterocycles. The predicted molar refractivity (Wildman–Crippen MR) is 80.6 cm³/mol. The summed E-state index contributed by atoms with van der Waals surface area (Å²) in [5, 5.41) is 4.52. The number of hydrogen-bond acceptors (Lipinski definition) is 3. The third-order valence-electron chi connectivity index (χ3n) is 3.93. The van der Waals surface area contributed by atoms with Crippen LogP contribution in [0.1, 0.15) is 37.5 Å². The van der Waals surface area contributed by atoms with Gasteiger partial charge in [0.25, 0.3) is 0 Å². The molecule has 1 N–H and O–H groups in total. The van der Waals surface area contributed by atoms with Crippen molar-refractivity contribution in [2.75, 3.05) is 13.2 Å². The standard InChI is InChI=1S/C17H23NO2/c1-2-18-11-17-15(12-19-10-9-13-7-8-13)14-5-3-4-6-16(14)20-17/h3-6,13,18H,2,7-12H2,1H3. The highest BCUT2D eigenvalue weighted by Crippen LogP contribution is 2.32.